The average Bonchev–Trinajstić information content (AvgIpc) is 3.07. The molecule has 1 N–H and O–H groups in total. The smallest absolute Gasteiger partial charge is 0.278 e. The number of nitrogens with one attached hydrogen (secondary N) is 1. The summed E-state index contributed by atoms with van der Waals surface area (Å²) in [6.45, 7) is 2.74. The van der Waals surface area contributed by atoms with E-state index in [4.69, 9.17) is 9.47 Å². The van der Waals surface area contributed by atoms with Gasteiger partial charge in [-0.3, -0.25) is 14.5 Å². The van der Waals surface area contributed by atoms with Crippen LogP contribution in [0.5, 0.6) is 11.5 Å². The van der Waals surface area contributed by atoms with Gasteiger partial charge in [0.1, 0.15) is 17.2 Å². The molecule has 6 nitrogen and oxygen atoms in total. The molecule has 4 rings (SSSR count). The van der Waals surface area contributed by atoms with E-state index in [1.165, 1.54) is 4.90 Å². The van der Waals surface area contributed by atoms with E-state index in [9.17, 15) is 9.59 Å². The first kappa shape index (κ1) is 22.1. The summed E-state index contributed by atoms with van der Waals surface area (Å²) in [5.41, 5.74) is 2.99. The van der Waals surface area contributed by atoms with Crippen LogP contribution in [-0.4, -0.2) is 37.0 Å². The fourth-order valence-corrected chi connectivity index (χ4v) is 3.78. The predicted octanol–water partition coefficient (Wildman–Crippen LogP) is 4.53. The Kier molecular flexibility index (Phi) is 6.74. The number of methoxy groups -OCH3 is 1. The Morgan fingerprint density at radius 1 is 0.848 bits per heavy atom. The summed E-state index contributed by atoms with van der Waals surface area (Å²) in [6, 6.07) is 24.3. The Morgan fingerprint density at radius 3 is 2.30 bits per heavy atom. The lowest BCUT2D eigenvalue weighted by molar-refractivity contribution is -0.136. The monoisotopic (exact) mass is 442 g/mol. The summed E-state index contributed by atoms with van der Waals surface area (Å²) in [5, 5.41) is 3.18. The molecule has 0 aliphatic carbocycles. The first-order valence-corrected chi connectivity index (χ1v) is 10.9. The topological polar surface area (TPSA) is 67.9 Å². The molecule has 1 aliphatic heterocycles. The van der Waals surface area contributed by atoms with Gasteiger partial charge >= 0.3 is 0 Å². The van der Waals surface area contributed by atoms with Gasteiger partial charge in [-0.15, -0.1) is 0 Å². The van der Waals surface area contributed by atoms with Crippen LogP contribution in [0.3, 0.4) is 0 Å². The quantitative estimate of drug-likeness (QED) is 0.493. The number of nitrogens with zero attached hydrogens (tertiary/aromatic N) is 1. The Balaban J connectivity index is 1.66. The molecule has 0 saturated heterocycles. The molecular weight excluding hydrogens is 416 g/mol. The van der Waals surface area contributed by atoms with Crippen molar-refractivity contribution in [2.75, 3.05) is 25.6 Å². The van der Waals surface area contributed by atoms with Crippen molar-refractivity contribution in [1.82, 2.24) is 4.90 Å². The van der Waals surface area contributed by atoms with E-state index in [0.29, 0.717) is 47.9 Å². The number of hydrogen-bond acceptors (Lipinski definition) is 5. The SMILES string of the molecule is CCOc1cccc(NC2=C(c3ccc(OC)cc3)C(=O)N(CCc3ccccc3)C2=O)c1. The van der Waals surface area contributed by atoms with Gasteiger partial charge in [0.2, 0.25) is 0 Å². The number of carbonyl (C=O) groups is 2. The molecule has 33 heavy (non-hydrogen) atoms. The Hall–Kier alpha value is -4.06. The Morgan fingerprint density at radius 2 is 1.61 bits per heavy atom. The second-order valence-electron chi connectivity index (χ2n) is 7.56. The normalized spacial score (nSPS) is 13.5. The van der Waals surface area contributed by atoms with Crippen LogP contribution < -0.4 is 14.8 Å². The van der Waals surface area contributed by atoms with Gasteiger partial charge in [0.25, 0.3) is 11.8 Å². The predicted molar refractivity (Wildman–Crippen MR) is 128 cm³/mol. The van der Waals surface area contributed by atoms with Crippen molar-refractivity contribution in [3.8, 4) is 11.5 Å². The van der Waals surface area contributed by atoms with Crippen LogP contribution >= 0.6 is 0 Å². The highest BCUT2D eigenvalue weighted by atomic mass is 16.5. The number of amides is 2. The van der Waals surface area contributed by atoms with Crippen molar-refractivity contribution in [3.63, 3.8) is 0 Å². The zero-order valence-electron chi connectivity index (χ0n) is 18.7. The first-order valence-electron chi connectivity index (χ1n) is 10.9. The third-order valence-corrected chi connectivity index (χ3v) is 5.43. The van der Waals surface area contributed by atoms with Crippen LogP contribution in [0, 0.1) is 0 Å². The minimum atomic E-state index is -0.344. The molecule has 1 aliphatic rings. The third kappa shape index (κ3) is 4.90. The summed E-state index contributed by atoms with van der Waals surface area (Å²) in [5.74, 6) is 0.705. The van der Waals surface area contributed by atoms with Crippen molar-refractivity contribution in [1.29, 1.82) is 0 Å². The van der Waals surface area contributed by atoms with E-state index in [-0.39, 0.29) is 17.5 Å². The molecule has 0 spiro atoms. The molecule has 3 aromatic carbocycles. The van der Waals surface area contributed by atoms with Crippen molar-refractivity contribution in [2.24, 2.45) is 0 Å². The van der Waals surface area contributed by atoms with Gasteiger partial charge in [0.05, 0.1) is 19.3 Å². The lowest BCUT2D eigenvalue weighted by Crippen LogP contribution is -2.34. The van der Waals surface area contributed by atoms with Crippen molar-refractivity contribution in [3.05, 3.63) is 95.7 Å². The van der Waals surface area contributed by atoms with Gasteiger partial charge in [0, 0.05) is 18.3 Å². The number of rotatable bonds is 9. The van der Waals surface area contributed by atoms with Crippen molar-refractivity contribution >= 4 is 23.1 Å². The number of imide groups is 1. The molecular formula is C27H26N2O4. The molecule has 168 valence electrons. The Bertz CT molecular complexity index is 1170. The second-order valence-corrected chi connectivity index (χ2v) is 7.56. The maximum Gasteiger partial charge on any atom is 0.278 e. The standard InChI is InChI=1S/C27H26N2O4/c1-3-33-23-11-7-10-21(18-23)28-25-24(20-12-14-22(32-2)15-13-20)26(30)29(27(25)31)17-16-19-8-5-4-6-9-19/h4-15,18,28H,3,16-17H2,1-2H3. The minimum Gasteiger partial charge on any atom is -0.497 e. The molecule has 0 atom stereocenters. The zero-order valence-corrected chi connectivity index (χ0v) is 18.7. The third-order valence-electron chi connectivity index (χ3n) is 5.43. The summed E-state index contributed by atoms with van der Waals surface area (Å²) < 4.78 is 10.8. The maximum atomic E-state index is 13.4. The molecule has 0 fully saturated rings. The van der Waals surface area contributed by atoms with E-state index in [1.54, 1.807) is 31.4 Å². The first-order chi connectivity index (χ1) is 16.1. The van der Waals surface area contributed by atoms with E-state index < -0.39 is 0 Å². The molecule has 0 unspecified atom stereocenters. The number of anilines is 1. The zero-order chi connectivity index (χ0) is 23.2. The summed E-state index contributed by atoms with van der Waals surface area (Å²) in [6.07, 6.45) is 0.585. The highest BCUT2D eigenvalue weighted by molar-refractivity contribution is 6.36. The molecule has 6 heteroatoms. The summed E-state index contributed by atoms with van der Waals surface area (Å²) in [7, 11) is 1.59. The Labute approximate surface area is 193 Å². The fraction of sp³-hybridized carbons (Fsp3) is 0.185. The van der Waals surface area contributed by atoms with Crippen molar-refractivity contribution in [2.45, 2.75) is 13.3 Å². The van der Waals surface area contributed by atoms with Crippen LogP contribution in [0.4, 0.5) is 5.69 Å². The van der Waals surface area contributed by atoms with Gasteiger partial charge < -0.3 is 14.8 Å². The maximum absolute atomic E-state index is 13.4. The van der Waals surface area contributed by atoms with E-state index in [0.717, 1.165) is 5.56 Å². The molecule has 1 heterocycles. The lowest BCUT2D eigenvalue weighted by Gasteiger charge is -2.15. The van der Waals surface area contributed by atoms with Gasteiger partial charge in [-0.05, 0) is 48.7 Å². The van der Waals surface area contributed by atoms with Crippen LogP contribution in [0.15, 0.2) is 84.6 Å². The second kappa shape index (κ2) is 10.0. The van der Waals surface area contributed by atoms with E-state index in [1.807, 2.05) is 61.5 Å². The largest absolute Gasteiger partial charge is 0.497 e. The summed E-state index contributed by atoms with van der Waals surface area (Å²) in [4.78, 5) is 28.1. The summed E-state index contributed by atoms with van der Waals surface area (Å²) >= 11 is 0. The van der Waals surface area contributed by atoms with Crippen LogP contribution in [0.1, 0.15) is 18.1 Å². The highest BCUT2D eigenvalue weighted by Gasteiger charge is 2.39. The molecule has 0 saturated carbocycles. The number of benzene rings is 3. The average molecular weight is 443 g/mol. The van der Waals surface area contributed by atoms with Gasteiger partial charge in [-0.1, -0.05) is 48.5 Å². The molecule has 2 amide bonds. The number of hydrogen-bond donors (Lipinski definition) is 1. The van der Waals surface area contributed by atoms with Crippen molar-refractivity contribution < 1.29 is 19.1 Å². The van der Waals surface area contributed by atoms with Gasteiger partial charge in [-0.2, -0.15) is 0 Å². The molecule has 0 bridgehead atoms. The van der Waals surface area contributed by atoms with E-state index >= 15 is 0 Å². The van der Waals surface area contributed by atoms with Crippen LogP contribution in [0.2, 0.25) is 0 Å². The van der Waals surface area contributed by atoms with Gasteiger partial charge in [-0.25, -0.2) is 0 Å². The minimum absolute atomic E-state index is 0.256. The number of carbonyl (C=O) groups excluding carboxylic acids is 2. The molecule has 0 aromatic heterocycles. The number of ether oxygens (including phenoxy) is 2. The molecule has 0 radical (unpaired) electrons. The van der Waals surface area contributed by atoms with E-state index in [2.05, 4.69) is 5.32 Å². The lowest BCUT2D eigenvalue weighted by atomic mass is 10.0. The van der Waals surface area contributed by atoms with Crippen LogP contribution in [0.25, 0.3) is 5.57 Å². The van der Waals surface area contributed by atoms with Gasteiger partial charge in [0.15, 0.2) is 0 Å². The highest BCUT2D eigenvalue weighted by Crippen LogP contribution is 2.32. The molecule has 3 aromatic rings. The fourth-order valence-electron chi connectivity index (χ4n) is 3.78. The van der Waals surface area contributed by atoms with Crippen LogP contribution in [-0.2, 0) is 16.0 Å².